The minimum Gasteiger partial charge on any atom is -0.484 e. The summed E-state index contributed by atoms with van der Waals surface area (Å²) in [5.41, 5.74) is 1.15. The van der Waals surface area contributed by atoms with Crippen molar-refractivity contribution >= 4 is 23.6 Å². The van der Waals surface area contributed by atoms with Crippen molar-refractivity contribution in [3.63, 3.8) is 0 Å². The van der Waals surface area contributed by atoms with Gasteiger partial charge in [-0.25, -0.2) is 4.79 Å². The Hall–Kier alpha value is -3.94. The molecule has 0 fully saturated rings. The molecule has 0 saturated heterocycles. The summed E-state index contributed by atoms with van der Waals surface area (Å²) in [6.07, 6.45) is 6.19. The molecule has 2 aromatic carbocycles. The number of hydrogen-bond donors (Lipinski definition) is 0. The predicted octanol–water partition coefficient (Wildman–Crippen LogP) is 5.15. The Kier molecular flexibility index (Phi) is 14.7. The summed E-state index contributed by atoms with van der Waals surface area (Å²) in [7, 11) is 0. The van der Waals surface area contributed by atoms with Gasteiger partial charge in [0.25, 0.3) is 5.91 Å². The van der Waals surface area contributed by atoms with Crippen LogP contribution >= 0.6 is 0 Å². The van der Waals surface area contributed by atoms with Crippen LogP contribution in [0.25, 0.3) is 0 Å². The van der Waals surface area contributed by atoms with E-state index in [4.69, 9.17) is 14.2 Å². The van der Waals surface area contributed by atoms with Gasteiger partial charge in [0.05, 0.1) is 19.6 Å². The molecule has 0 aliphatic rings. The zero-order chi connectivity index (χ0) is 28.3. The van der Waals surface area contributed by atoms with E-state index in [0.29, 0.717) is 36.6 Å². The number of benzene rings is 2. The largest absolute Gasteiger partial charge is 0.484 e. The van der Waals surface area contributed by atoms with Crippen molar-refractivity contribution in [3.8, 4) is 5.75 Å². The van der Waals surface area contributed by atoms with Gasteiger partial charge < -0.3 is 19.1 Å². The van der Waals surface area contributed by atoms with E-state index >= 15 is 0 Å². The molecule has 0 atom stereocenters. The molecule has 0 aliphatic carbocycles. The molecule has 0 heterocycles. The van der Waals surface area contributed by atoms with E-state index in [1.807, 2.05) is 25.1 Å². The van der Waals surface area contributed by atoms with Gasteiger partial charge in [-0.05, 0) is 56.4 Å². The highest BCUT2D eigenvalue weighted by atomic mass is 16.5. The first-order valence-electron chi connectivity index (χ1n) is 13.5. The van der Waals surface area contributed by atoms with Gasteiger partial charge in [-0.1, -0.05) is 50.3 Å². The van der Waals surface area contributed by atoms with Gasteiger partial charge >= 0.3 is 11.9 Å². The molecule has 0 aliphatic heterocycles. The normalized spacial score (nSPS) is 10.4. The molecule has 0 N–H and O–H groups in total. The molecule has 1 amide bonds. The zero-order valence-electron chi connectivity index (χ0n) is 22.8. The van der Waals surface area contributed by atoms with Gasteiger partial charge in [0, 0.05) is 30.3 Å². The van der Waals surface area contributed by atoms with Crippen molar-refractivity contribution in [1.29, 1.82) is 0 Å². The average Bonchev–Trinajstić information content (AvgIpc) is 2.97. The molecule has 0 spiro atoms. The number of unbranched alkanes of at least 4 members (excludes halogenated alkanes) is 4. The lowest BCUT2D eigenvalue weighted by Gasteiger charge is -2.22. The van der Waals surface area contributed by atoms with Crippen molar-refractivity contribution in [2.24, 2.45) is 0 Å². The second-order valence-corrected chi connectivity index (χ2v) is 9.00. The molecule has 8 nitrogen and oxygen atoms in total. The highest BCUT2D eigenvalue weighted by molar-refractivity contribution is 6.09. The summed E-state index contributed by atoms with van der Waals surface area (Å²) in [5, 5.41) is 0. The minimum absolute atomic E-state index is 0.0811. The van der Waals surface area contributed by atoms with Crippen molar-refractivity contribution in [2.45, 2.75) is 51.9 Å². The molecule has 210 valence electrons. The van der Waals surface area contributed by atoms with Crippen LogP contribution in [0, 0.1) is 0 Å². The number of hydrogen-bond acceptors (Lipinski definition) is 7. The number of amides is 1. The molecule has 0 unspecified atom stereocenters. The smallest absolute Gasteiger partial charge is 0.330 e. The number of ether oxygens (including phenoxy) is 3. The quantitative estimate of drug-likeness (QED) is 0.106. The first kappa shape index (κ1) is 31.3. The third-order valence-electron chi connectivity index (χ3n) is 5.95. The van der Waals surface area contributed by atoms with Gasteiger partial charge in [-0.15, -0.1) is 0 Å². The fraction of sp³-hybridized carbons (Fsp3) is 0.419. The number of ketones is 1. The topological polar surface area (TPSA) is 99.2 Å². The SMILES string of the molecule is C=CC(=O)OCCCCCCOC(=O)CCN(CCCC)C(=O)COc1ccc(C(=O)c2ccccc2)cc1. The molecule has 0 saturated carbocycles. The van der Waals surface area contributed by atoms with Crippen molar-refractivity contribution < 1.29 is 33.4 Å². The maximum atomic E-state index is 12.8. The molecule has 39 heavy (non-hydrogen) atoms. The van der Waals surface area contributed by atoms with Crippen molar-refractivity contribution in [2.75, 3.05) is 32.9 Å². The summed E-state index contributed by atoms with van der Waals surface area (Å²) in [5.74, 6) is -0.571. The molecule has 0 radical (unpaired) electrons. The first-order chi connectivity index (χ1) is 18.9. The summed E-state index contributed by atoms with van der Waals surface area (Å²) >= 11 is 0. The Bertz CT molecular complexity index is 1050. The highest BCUT2D eigenvalue weighted by Crippen LogP contribution is 2.16. The molecular formula is C31H39NO7. The van der Waals surface area contributed by atoms with Crippen LogP contribution in [0.2, 0.25) is 0 Å². The third kappa shape index (κ3) is 12.4. The lowest BCUT2D eigenvalue weighted by molar-refractivity contribution is -0.145. The lowest BCUT2D eigenvalue weighted by atomic mass is 10.0. The monoisotopic (exact) mass is 537 g/mol. The van der Waals surface area contributed by atoms with Crippen molar-refractivity contribution in [1.82, 2.24) is 4.90 Å². The maximum absolute atomic E-state index is 12.8. The second-order valence-electron chi connectivity index (χ2n) is 9.00. The van der Waals surface area contributed by atoms with Crippen molar-refractivity contribution in [3.05, 3.63) is 78.4 Å². The number of carbonyl (C=O) groups is 4. The van der Waals surface area contributed by atoms with E-state index in [2.05, 4.69) is 6.58 Å². The minimum atomic E-state index is -0.423. The molecule has 0 aromatic heterocycles. The Morgan fingerprint density at radius 2 is 1.44 bits per heavy atom. The summed E-state index contributed by atoms with van der Waals surface area (Å²) in [6.45, 7) is 6.70. The van der Waals surface area contributed by atoms with Crippen LogP contribution in [0.3, 0.4) is 0 Å². The van der Waals surface area contributed by atoms with E-state index < -0.39 is 5.97 Å². The molecule has 2 rings (SSSR count). The Morgan fingerprint density at radius 3 is 2.08 bits per heavy atom. The van der Waals surface area contributed by atoms with Gasteiger partial charge in [0.2, 0.25) is 0 Å². The summed E-state index contributed by atoms with van der Waals surface area (Å²) in [6, 6.07) is 15.7. The van der Waals surface area contributed by atoms with Gasteiger partial charge in [-0.2, -0.15) is 0 Å². The predicted molar refractivity (Wildman–Crippen MR) is 148 cm³/mol. The van der Waals surface area contributed by atoms with E-state index in [0.717, 1.165) is 44.6 Å². The molecule has 8 heteroatoms. The maximum Gasteiger partial charge on any atom is 0.330 e. The lowest BCUT2D eigenvalue weighted by Crippen LogP contribution is -2.37. The van der Waals surface area contributed by atoms with E-state index in [-0.39, 0.29) is 37.2 Å². The highest BCUT2D eigenvalue weighted by Gasteiger charge is 2.16. The fourth-order valence-corrected chi connectivity index (χ4v) is 3.68. The fourth-order valence-electron chi connectivity index (χ4n) is 3.68. The number of rotatable bonds is 19. The molecule has 2 aromatic rings. The Morgan fingerprint density at radius 1 is 0.795 bits per heavy atom. The van der Waals surface area contributed by atoms with Crippen LogP contribution in [0.15, 0.2) is 67.3 Å². The van der Waals surface area contributed by atoms with Crippen LogP contribution < -0.4 is 4.74 Å². The van der Waals surface area contributed by atoms with E-state index in [9.17, 15) is 19.2 Å². The van der Waals surface area contributed by atoms with Crippen LogP contribution in [-0.4, -0.2) is 61.4 Å². The standard InChI is InChI=1S/C31H39NO7/c1-3-5-20-32(21-19-30(35)38-23-12-7-6-11-22-37-29(34)4-2)28(33)24-39-27-17-15-26(16-18-27)31(36)25-13-9-8-10-14-25/h4,8-10,13-18H,2-3,5-7,11-12,19-24H2,1H3. The Labute approximate surface area is 230 Å². The zero-order valence-corrected chi connectivity index (χ0v) is 22.8. The van der Waals surface area contributed by atoms with E-state index in [1.54, 1.807) is 41.3 Å². The second kappa shape index (κ2) is 18.3. The van der Waals surface area contributed by atoms with E-state index in [1.165, 1.54) is 0 Å². The van der Waals surface area contributed by atoms with Gasteiger partial charge in [-0.3, -0.25) is 14.4 Å². The van der Waals surface area contributed by atoms with Crippen LogP contribution in [0.1, 0.15) is 67.8 Å². The number of esters is 2. The van der Waals surface area contributed by atoms with Gasteiger partial charge in [0.1, 0.15) is 5.75 Å². The van der Waals surface area contributed by atoms with Crippen LogP contribution in [0.5, 0.6) is 5.75 Å². The third-order valence-corrected chi connectivity index (χ3v) is 5.95. The molecular weight excluding hydrogens is 498 g/mol. The van der Waals surface area contributed by atoms with Gasteiger partial charge in [0.15, 0.2) is 12.4 Å². The summed E-state index contributed by atoms with van der Waals surface area (Å²) in [4.78, 5) is 50.1. The number of nitrogens with zero attached hydrogens (tertiary/aromatic N) is 1. The first-order valence-corrected chi connectivity index (χ1v) is 13.5. The summed E-state index contributed by atoms with van der Waals surface area (Å²) < 4.78 is 15.9. The van der Waals surface area contributed by atoms with Crippen LogP contribution in [-0.2, 0) is 23.9 Å². The van der Waals surface area contributed by atoms with Crippen LogP contribution in [0.4, 0.5) is 0 Å². The molecule has 0 bridgehead atoms. The Balaban J connectivity index is 1.70. The number of carbonyl (C=O) groups excluding carboxylic acids is 4. The average molecular weight is 538 g/mol.